The third-order valence-corrected chi connectivity index (χ3v) is 2.89. The monoisotopic (exact) mass is 310 g/mol. The Kier molecular flexibility index (Phi) is 6.51. The van der Waals surface area contributed by atoms with Crippen molar-refractivity contribution in [2.45, 2.75) is 18.6 Å². The van der Waals surface area contributed by atoms with Crippen LogP contribution in [0.5, 0.6) is 0 Å². The molecule has 0 saturated carbocycles. The third-order valence-electron chi connectivity index (χ3n) is 2.89. The Bertz CT molecular complexity index is 621. The Morgan fingerprint density at radius 1 is 1.09 bits per heavy atom. The second kappa shape index (κ2) is 8.13. The van der Waals surface area contributed by atoms with E-state index in [1.54, 1.807) is 0 Å². The number of aliphatic hydroxyl groups is 2. The molecule has 8 heteroatoms. The summed E-state index contributed by atoms with van der Waals surface area (Å²) in [5, 5.41) is 33.8. The number of nitrogens with two attached hydrogens (primary N) is 1. The summed E-state index contributed by atoms with van der Waals surface area (Å²) in [6.45, 7) is 0.710. The number of para-hydroxylation sites is 1. The largest absolute Gasteiger partial charge is 0.479 e. The average molecular weight is 310 g/mol. The zero-order valence-corrected chi connectivity index (χ0v) is 11.6. The predicted molar refractivity (Wildman–Crippen MR) is 78.3 cm³/mol. The number of nitrogens with one attached hydrogen (secondary N) is 1. The lowest BCUT2D eigenvalue weighted by Gasteiger charge is -2.07. The number of hydrogen-bond acceptors (Lipinski definition) is 5. The van der Waals surface area contributed by atoms with Gasteiger partial charge >= 0.3 is 11.9 Å². The van der Waals surface area contributed by atoms with E-state index >= 15 is 0 Å². The van der Waals surface area contributed by atoms with E-state index in [1.807, 2.05) is 12.3 Å². The third kappa shape index (κ3) is 4.55. The van der Waals surface area contributed by atoms with Crippen LogP contribution in [0.25, 0.3) is 10.9 Å². The van der Waals surface area contributed by atoms with Gasteiger partial charge in [0.2, 0.25) is 0 Å². The summed E-state index contributed by atoms with van der Waals surface area (Å²) < 4.78 is 0. The van der Waals surface area contributed by atoms with Crippen molar-refractivity contribution in [3.05, 3.63) is 36.0 Å². The lowest BCUT2D eigenvalue weighted by molar-refractivity contribution is -0.165. The van der Waals surface area contributed by atoms with Gasteiger partial charge in [-0.3, -0.25) is 0 Å². The number of H-pyrrole nitrogens is 1. The van der Waals surface area contributed by atoms with E-state index in [0.29, 0.717) is 6.54 Å². The molecular formula is C14H18N2O6. The summed E-state index contributed by atoms with van der Waals surface area (Å²) in [5.74, 6) is -3.54. The highest BCUT2D eigenvalue weighted by molar-refractivity contribution is 5.83. The van der Waals surface area contributed by atoms with Crippen molar-refractivity contribution < 1.29 is 30.0 Å². The van der Waals surface area contributed by atoms with Gasteiger partial charge in [-0.05, 0) is 24.6 Å². The Hall–Kier alpha value is -2.42. The molecule has 0 aliphatic rings. The van der Waals surface area contributed by atoms with Gasteiger partial charge in [-0.15, -0.1) is 0 Å². The van der Waals surface area contributed by atoms with Crippen LogP contribution in [0.4, 0.5) is 0 Å². The van der Waals surface area contributed by atoms with Crippen molar-refractivity contribution in [1.29, 1.82) is 0 Å². The minimum absolute atomic E-state index is 0.710. The molecular weight excluding hydrogens is 292 g/mol. The van der Waals surface area contributed by atoms with Gasteiger partial charge in [0, 0.05) is 17.1 Å². The Morgan fingerprint density at radius 2 is 1.64 bits per heavy atom. The highest BCUT2D eigenvalue weighted by Crippen LogP contribution is 2.17. The van der Waals surface area contributed by atoms with Crippen LogP contribution in [0.2, 0.25) is 0 Å². The molecule has 1 aromatic heterocycles. The van der Waals surface area contributed by atoms with Gasteiger partial charge in [0.15, 0.2) is 12.2 Å². The lowest BCUT2D eigenvalue weighted by Crippen LogP contribution is -2.39. The van der Waals surface area contributed by atoms with Crippen LogP contribution < -0.4 is 5.73 Å². The molecule has 0 aliphatic carbocycles. The number of carbonyl (C=O) groups is 2. The SMILES string of the molecule is NCCc1c[nH]c2ccccc12.O=C(O)[C@H](O)[C@@H](O)C(=O)O. The lowest BCUT2D eigenvalue weighted by atomic mass is 10.1. The summed E-state index contributed by atoms with van der Waals surface area (Å²) >= 11 is 0. The molecule has 1 heterocycles. The number of rotatable bonds is 5. The fourth-order valence-electron chi connectivity index (χ4n) is 1.76. The van der Waals surface area contributed by atoms with Gasteiger partial charge in [0.1, 0.15) is 0 Å². The maximum atomic E-state index is 9.77. The van der Waals surface area contributed by atoms with Crippen LogP contribution in [0, 0.1) is 0 Å². The molecule has 0 radical (unpaired) electrons. The summed E-state index contributed by atoms with van der Waals surface area (Å²) in [5.41, 5.74) is 8.01. The molecule has 8 nitrogen and oxygen atoms in total. The van der Waals surface area contributed by atoms with Crippen molar-refractivity contribution >= 4 is 22.8 Å². The maximum Gasteiger partial charge on any atom is 0.335 e. The second-order valence-electron chi connectivity index (χ2n) is 4.46. The van der Waals surface area contributed by atoms with E-state index in [1.165, 1.54) is 16.5 Å². The molecule has 0 amide bonds. The fraction of sp³-hybridized carbons (Fsp3) is 0.286. The van der Waals surface area contributed by atoms with Gasteiger partial charge < -0.3 is 31.1 Å². The first-order valence-corrected chi connectivity index (χ1v) is 6.45. The van der Waals surface area contributed by atoms with Crippen LogP contribution in [0.3, 0.4) is 0 Å². The number of aliphatic carboxylic acids is 2. The molecule has 0 saturated heterocycles. The van der Waals surface area contributed by atoms with Crippen LogP contribution in [0.15, 0.2) is 30.5 Å². The van der Waals surface area contributed by atoms with E-state index in [9.17, 15) is 9.59 Å². The molecule has 120 valence electrons. The molecule has 2 atom stereocenters. The molecule has 0 unspecified atom stereocenters. The Labute approximate surface area is 125 Å². The summed E-state index contributed by atoms with van der Waals surface area (Å²) in [6, 6.07) is 8.29. The number of aromatic nitrogens is 1. The molecule has 2 rings (SSSR count). The van der Waals surface area contributed by atoms with Crippen LogP contribution in [0.1, 0.15) is 5.56 Å². The van der Waals surface area contributed by atoms with Crippen molar-refractivity contribution in [3.8, 4) is 0 Å². The van der Waals surface area contributed by atoms with Gasteiger partial charge in [-0.2, -0.15) is 0 Å². The fourth-order valence-corrected chi connectivity index (χ4v) is 1.76. The number of aliphatic hydroxyl groups excluding tert-OH is 2. The van der Waals surface area contributed by atoms with E-state index in [-0.39, 0.29) is 0 Å². The molecule has 2 aromatic rings. The normalized spacial score (nSPS) is 13.0. The van der Waals surface area contributed by atoms with E-state index in [4.69, 9.17) is 26.2 Å². The molecule has 0 spiro atoms. The molecule has 0 aliphatic heterocycles. The second-order valence-corrected chi connectivity index (χ2v) is 4.46. The zero-order valence-electron chi connectivity index (χ0n) is 11.6. The van der Waals surface area contributed by atoms with Gasteiger partial charge in [-0.25, -0.2) is 9.59 Å². The van der Waals surface area contributed by atoms with Crippen molar-refractivity contribution in [3.63, 3.8) is 0 Å². The summed E-state index contributed by atoms with van der Waals surface area (Å²) in [7, 11) is 0. The first kappa shape index (κ1) is 17.6. The van der Waals surface area contributed by atoms with Crippen molar-refractivity contribution in [2.24, 2.45) is 5.73 Å². The smallest absolute Gasteiger partial charge is 0.335 e. The average Bonchev–Trinajstić information content (AvgIpc) is 2.90. The van der Waals surface area contributed by atoms with Crippen LogP contribution >= 0.6 is 0 Å². The Balaban J connectivity index is 0.000000225. The number of carboxylic acid groups (broad SMARTS) is 2. The number of hydrogen-bond donors (Lipinski definition) is 6. The molecule has 0 bridgehead atoms. The van der Waals surface area contributed by atoms with Crippen LogP contribution in [-0.4, -0.2) is 56.1 Å². The Morgan fingerprint density at radius 3 is 2.14 bits per heavy atom. The zero-order chi connectivity index (χ0) is 16.7. The first-order chi connectivity index (χ1) is 10.4. The van der Waals surface area contributed by atoms with E-state index in [2.05, 4.69) is 23.2 Å². The van der Waals surface area contributed by atoms with Crippen molar-refractivity contribution in [2.75, 3.05) is 6.54 Å². The number of fused-ring (bicyclic) bond motifs is 1. The molecule has 1 aromatic carbocycles. The standard InChI is InChI=1S/C10H12N2.C4H6O6/c11-6-5-8-7-12-10-4-2-1-3-9(8)10;5-1(3(7)8)2(6)4(9)10/h1-4,7,12H,5-6,11H2;1-2,5-6H,(H,7,8)(H,9,10)/t;1-,2-/m.1/s1. The van der Waals surface area contributed by atoms with Crippen molar-refractivity contribution in [1.82, 2.24) is 4.98 Å². The maximum absolute atomic E-state index is 9.77. The highest BCUT2D eigenvalue weighted by atomic mass is 16.4. The molecule has 0 fully saturated rings. The highest BCUT2D eigenvalue weighted by Gasteiger charge is 2.29. The molecule has 22 heavy (non-hydrogen) atoms. The van der Waals surface area contributed by atoms with Gasteiger partial charge in [0.05, 0.1) is 0 Å². The quantitative estimate of drug-likeness (QED) is 0.436. The van der Waals surface area contributed by atoms with E-state index in [0.717, 1.165) is 6.42 Å². The number of aromatic amines is 1. The van der Waals surface area contributed by atoms with Gasteiger partial charge in [-0.1, -0.05) is 18.2 Å². The minimum Gasteiger partial charge on any atom is -0.479 e. The van der Waals surface area contributed by atoms with Crippen LogP contribution in [-0.2, 0) is 16.0 Å². The first-order valence-electron chi connectivity index (χ1n) is 6.45. The summed E-state index contributed by atoms with van der Waals surface area (Å²) in [4.78, 5) is 22.8. The van der Waals surface area contributed by atoms with E-state index < -0.39 is 24.1 Å². The molecule has 7 N–H and O–H groups in total. The number of carboxylic acids is 2. The summed E-state index contributed by atoms with van der Waals surface area (Å²) in [6.07, 6.45) is -1.54. The topological polar surface area (TPSA) is 157 Å². The number of benzene rings is 1. The predicted octanol–water partition coefficient (Wildman–Crippen LogP) is -0.454. The van der Waals surface area contributed by atoms with Gasteiger partial charge in [0.25, 0.3) is 0 Å². The minimum atomic E-state index is -2.27.